The Morgan fingerprint density at radius 3 is 2.40 bits per heavy atom. The minimum Gasteiger partial charge on any atom is -0.299 e. The Morgan fingerprint density at radius 2 is 1.65 bits per heavy atom. The Hall–Kier alpha value is -3.46. The van der Waals surface area contributed by atoms with E-state index in [0.717, 1.165) is 67.1 Å². The highest BCUT2D eigenvalue weighted by Gasteiger charge is 2.30. The molecule has 0 N–H and O–H groups in total. The molecule has 9 heteroatoms. The van der Waals surface area contributed by atoms with Crippen LogP contribution in [0.3, 0.4) is 0 Å². The molecule has 0 radical (unpaired) electrons. The number of carbonyl (C=O) groups is 1. The molecule has 0 bridgehead atoms. The Labute approximate surface area is 251 Å². The lowest BCUT2D eigenvalue weighted by molar-refractivity contribution is -0.124. The van der Waals surface area contributed by atoms with Crippen molar-refractivity contribution in [2.24, 2.45) is 17.8 Å². The number of benzene rings is 2. The van der Waals surface area contributed by atoms with Crippen LogP contribution in [0.4, 0.5) is 8.78 Å². The summed E-state index contributed by atoms with van der Waals surface area (Å²) in [6.07, 6.45) is 11.6. The minimum atomic E-state index is -4.15. The standard InChI is InChI=1S/C34H37F2N3O3S/c1-21-10-12-26(13-11-21)43(41,42)39-20-28(27-14-22(2)15-29(35)33(27)39)34-37-19-30(36)31(38-34)17-23-6-5-7-24(16-23)18-32(40)25-8-3-4-9-25/h10-15,19-20,23-25H,3-9,16-18H2,1-2H3/t23-,24+/m0/s1. The van der Waals surface area contributed by atoms with Gasteiger partial charge in [0.1, 0.15) is 17.1 Å². The Balaban J connectivity index is 1.32. The third-order valence-electron chi connectivity index (χ3n) is 9.27. The summed E-state index contributed by atoms with van der Waals surface area (Å²) >= 11 is 0. The largest absolute Gasteiger partial charge is 0.299 e. The van der Waals surface area contributed by atoms with Crippen molar-refractivity contribution in [2.45, 2.75) is 83.0 Å². The quantitative estimate of drug-likeness (QED) is 0.205. The van der Waals surface area contributed by atoms with Crippen LogP contribution in [0.15, 0.2) is 53.7 Å². The lowest BCUT2D eigenvalue weighted by Gasteiger charge is -2.29. The van der Waals surface area contributed by atoms with E-state index in [4.69, 9.17) is 0 Å². The molecule has 0 saturated heterocycles. The van der Waals surface area contributed by atoms with Gasteiger partial charge in [-0.15, -0.1) is 0 Å². The zero-order chi connectivity index (χ0) is 30.3. The first-order chi connectivity index (χ1) is 20.6. The van der Waals surface area contributed by atoms with Crippen molar-refractivity contribution in [3.63, 3.8) is 0 Å². The van der Waals surface area contributed by atoms with Gasteiger partial charge in [0.25, 0.3) is 10.0 Å². The van der Waals surface area contributed by atoms with E-state index in [9.17, 15) is 13.2 Å². The molecule has 0 amide bonds. The van der Waals surface area contributed by atoms with Crippen molar-refractivity contribution < 1.29 is 22.0 Å². The van der Waals surface area contributed by atoms with Crippen LogP contribution >= 0.6 is 0 Å². The fourth-order valence-electron chi connectivity index (χ4n) is 7.03. The topological polar surface area (TPSA) is 81.9 Å². The van der Waals surface area contributed by atoms with Gasteiger partial charge in [0, 0.05) is 29.5 Å². The van der Waals surface area contributed by atoms with Gasteiger partial charge in [-0.2, -0.15) is 0 Å². The van der Waals surface area contributed by atoms with Crippen LogP contribution in [-0.4, -0.2) is 28.1 Å². The third kappa shape index (κ3) is 6.01. The van der Waals surface area contributed by atoms with Gasteiger partial charge in [-0.3, -0.25) is 4.79 Å². The molecule has 0 aliphatic heterocycles. The molecule has 226 valence electrons. The highest BCUT2D eigenvalue weighted by atomic mass is 32.2. The van der Waals surface area contributed by atoms with E-state index < -0.39 is 21.7 Å². The SMILES string of the molecule is Cc1ccc(S(=O)(=O)n2cc(-c3ncc(F)c(C[C@H]4CCC[C@@H](CC(=O)C5CCCC5)C4)n3)c3cc(C)cc(F)c32)cc1. The van der Waals surface area contributed by atoms with Gasteiger partial charge in [-0.25, -0.2) is 31.1 Å². The molecular formula is C34H37F2N3O3S. The second-order valence-electron chi connectivity index (χ2n) is 12.5. The first kappa shape index (κ1) is 29.6. The van der Waals surface area contributed by atoms with Gasteiger partial charge >= 0.3 is 0 Å². The summed E-state index contributed by atoms with van der Waals surface area (Å²) < 4.78 is 58.8. The van der Waals surface area contributed by atoms with E-state index in [0.29, 0.717) is 41.1 Å². The maximum absolute atomic E-state index is 15.4. The highest BCUT2D eigenvalue weighted by Crippen LogP contribution is 2.37. The molecular weight excluding hydrogens is 568 g/mol. The average Bonchev–Trinajstić information content (AvgIpc) is 3.64. The maximum Gasteiger partial charge on any atom is 0.268 e. The van der Waals surface area contributed by atoms with Gasteiger partial charge in [-0.05, 0) is 81.2 Å². The van der Waals surface area contributed by atoms with Crippen molar-refractivity contribution in [2.75, 3.05) is 0 Å². The number of hydrogen-bond donors (Lipinski definition) is 0. The molecule has 2 aliphatic rings. The van der Waals surface area contributed by atoms with E-state index in [1.807, 2.05) is 6.92 Å². The molecule has 2 heterocycles. The predicted octanol–water partition coefficient (Wildman–Crippen LogP) is 7.73. The summed E-state index contributed by atoms with van der Waals surface area (Å²) in [5, 5.41) is 0.342. The fourth-order valence-corrected chi connectivity index (χ4v) is 8.40. The molecule has 4 aromatic rings. The Kier molecular flexibility index (Phi) is 8.20. The molecule has 2 aromatic carbocycles. The van der Waals surface area contributed by atoms with Crippen molar-refractivity contribution in [3.8, 4) is 11.4 Å². The first-order valence-electron chi connectivity index (χ1n) is 15.3. The number of carbonyl (C=O) groups excluding carboxylic acids is 1. The van der Waals surface area contributed by atoms with Crippen molar-refractivity contribution >= 4 is 26.7 Å². The summed E-state index contributed by atoms with van der Waals surface area (Å²) in [6, 6.07) is 9.36. The zero-order valence-electron chi connectivity index (χ0n) is 24.7. The number of fused-ring (bicyclic) bond motifs is 1. The van der Waals surface area contributed by atoms with Crippen LogP contribution in [0.25, 0.3) is 22.3 Å². The summed E-state index contributed by atoms with van der Waals surface area (Å²) in [6.45, 7) is 3.58. The summed E-state index contributed by atoms with van der Waals surface area (Å²) in [5.41, 5.74) is 1.99. The fraction of sp³-hybridized carbons (Fsp3) is 0.441. The molecule has 2 aromatic heterocycles. The molecule has 0 spiro atoms. The van der Waals surface area contributed by atoms with Gasteiger partial charge < -0.3 is 0 Å². The highest BCUT2D eigenvalue weighted by molar-refractivity contribution is 7.90. The van der Waals surface area contributed by atoms with E-state index in [-0.39, 0.29) is 33.8 Å². The van der Waals surface area contributed by atoms with E-state index >= 15 is 8.78 Å². The first-order valence-corrected chi connectivity index (χ1v) is 16.7. The van der Waals surface area contributed by atoms with Crippen molar-refractivity contribution in [1.82, 2.24) is 13.9 Å². The number of halogens is 2. The molecule has 2 saturated carbocycles. The third-order valence-corrected chi connectivity index (χ3v) is 10.9. The van der Waals surface area contributed by atoms with Gasteiger partial charge in [0.15, 0.2) is 11.6 Å². The number of Topliss-reactive ketones (excluding diaryl/α,β-unsaturated/α-hetero) is 1. The van der Waals surface area contributed by atoms with Crippen molar-refractivity contribution in [1.29, 1.82) is 0 Å². The second-order valence-corrected chi connectivity index (χ2v) is 14.4. The van der Waals surface area contributed by atoms with E-state index in [1.165, 1.54) is 24.4 Å². The van der Waals surface area contributed by atoms with Crippen molar-refractivity contribution in [3.05, 3.63) is 77.2 Å². The number of rotatable bonds is 8. The lowest BCUT2D eigenvalue weighted by atomic mass is 9.76. The Bertz CT molecular complexity index is 1780. The molecule has 6 rings (SSSR count). The van der Waals surface area contributed by atoms with Crippen LogP contribution in [0.2, 0.25) is 0 Å². The van der Waals surface area contributed by atoms with Crippen LogP contribution in [0.5, 0.6) is 0 Å². The Morgan fingerprint density at radius 1 is 0.930 bits per heavy atom. The minimum absolute atomic E-state index is 0.0282. The van der Waals surface area contributed by atoms with E-state index in [2.05, 4.69) is 9.97 Å². The average molecular weight is 606 g/mol. The normalized spacial score (nSPS) is 19.7. The molecule has 2 fully saturated rings. The number of aryl methyl sites for hydroxylation is 2. The summed E-state index contributed by atoms with van der Waals surface area (Å²) in [4.78, 5) is 21.7. The van der Waals surface area contributed by atoms with E-state index in [1.54, 1.807) is 25.1 Å². The molecule has 43 heavy (non-hydrogen) atoms. The zero-order valence-corrected chi connectivity index (χ0v) is 25.5. The summed E-state index contributed by atoms with van der Waals surface area (Å²) in [7, 11) is -4.15. The number of ketones is 1. The smallest absolute Gasteiger partial charge is 0.268 e. The van der Waals surface area contributed by atoms with Crippen LogP contribution < -0.4 is 0 Å². The summed E-state index contributed by atoms with van der Waals surface area (Å²) in [5.74, 6) is 0.0484. The molecule has 0 unspecified atom stereocenters. The second kappa shape index (κ2) is 11.9. The monoisotopic (exact) mass is 605 g/mol. The molecule has 2 aliphatic carbocycles. The number of nitrogens with zero attached hydrogens (tertiary/aromatic N) is 3. The van der Waals surface area contributed by atoms with Gasteiger partial charge in [0.2, 0.25) is 0 Å². The molecule has 2 atom stereocenters. The number of aromatic nitrogens is 3. The number of hydrogen-bond acceptors (Lipinski definition) is 5. The molecule has 6 nitrogen and oxygen atoms in total. The van der Waals surface area contributed by atoms with Gasteiger partial charge in [0.05, 0.1) is 16.8 Å². The van der Waals surface area contributed by atoms with Crippen LogP contribution in [-0.2, 0) is 21.2 Å². The lowest BCUT2D eigenvalue weighted by Crippen LogP contribution is -2.23. The predicted molar refractivity (Wildman–Crippen MR) is 162 cm³/mol. The van der Waals surface area contributed by atoms with Gasteiger partial charge in [-0.1, -0.05) is 49.8 Å². The maximum atomic E-state index is 15.4. The van der Waals surface area contributed by atoms with Crippen LogP contribution in [0.1, 0.15) is 74.6 Å². The van der Waals surface area contributed by atoms with Crippen LogP contribution in [0, 0.1) is 43.2 Å².